The molecule has 6 nitrogen and oxygen atoms in total. The van der Waals surface area contributed by atoms with Gasteiger partial charge in [-0.2, -0.15) is 0 Å². The van der Waals surface area contributed by atoms with Gasteiger partial charge in [-0.25, -0.2) is 0 Å². The molecule has 2 fully saturated rings. The lowest BCUT2D eigenvalue weighted by molar-refractivity contribution is -0.126. The number of para-hydroxylation sites is 1. The highest BCUT2D eigenvalue weighted by molar-refractivity contribution is 5.82. The Morgan fingerprint density at radius 3 is 2.84 bits per heavy atom. The Balaban J connectivity index is 1.40. The third-order valence-corrected chi connectivity index (χ3v) is 6.91. The molecule has 164 valence electrons. The molecule has 5 rings (SSSR count). The van der Waals surface area contributed by atoms with E-state index in [0.717, 1.165) is 51.3 Å². The molecule has 0 bridgehead atoms. The zero-order chi connectivity index (χ0) is 21.2. The number of methoxy groups -OCH3 is 1. The Morgan fingerprint density at radius 2 is 2.06 bits per heavy atom. The maximum Gasteiger partial charge on any atom is 0.225 e. The second-order valence-corrected chi connectivity index (χ2v) is 8.73. The highest BCUT2D eigenvalue weighted by atomic mass is 16.5. The van der Waals surface area contributed by atoms with Crippen LogP contribution in [-0.4, -0.2) is 57.9 Å². The first kappa shape index (κ1) is 20.2. The summed E-state index contributed by atoms with van der Waals surface area (Å²) in [6.45, 7) is 4.07. The quantitative estimate of drug-likeness (QED) is 0.805. The van der Waals surface area contributed by atoms with Crippen molar-refractivity contribution in [3.05, 3.63) is 54.1 Å². The Labute approximate surface area is 184 Å². The highest BCUT2D eigenvalue weighted by Crippen LogP contribution is 2.39. The fraction of sp³-hybridized carbons (Fsp3) is 0.480. The van der Waals surface area contributed by atoms with E-state index in [9.17, 15) is 4.79 Å². The van der Waals surface area contributed by atoms with Crippen LogP contribution >= 0.6 is 0 Å². The number of carbonyl (C=O) groups excluding carboxylic acids is 1. The van der Waals surface area contributed by atoms with Gasteiger partial charge in [0.25, 0.3) is 0 Å². The molecule has 3 heterocycles. The van der Waals surface area contributed by atoms with Crippen molar-refractivity contribution in [3.63, 3.8) is 0 Å². The molecule has 2 aromatic rings. The molecule has 3 aliphatic rings. The average molecular weight is 422 g/mol. The number of carbonyl (C=O) groups is 1. The molecule has 1 amide bonds. The van der Waals surface area contributed by atoms with Gasteiger partial charge in [0.2, 0.25) is 5.91 Å². The van der Waals surface area contributed by atoms with Gasteiger partial charge in [0.1, 0.15) is 5.75 Å². The molecule has 0 radical (unpaired) electrons. The van der Waals surface area contributed by atoms with Crippen LogP contribution in [0.2, 0.25) is 0 Å². The predicted octanol–water partition coefficient (Wildman–Crippen LogP) is 2.86. The summed E-state index contributed by atoms with van der Waals surface area (Å²) < 4.78 is 11.2. The number of amides is 1. The van der Waals surface area contributed by atoms with E-state index in [2.05, 4.69) is 51.5 Å². The Kier molecular flexibility index (Phi) is 5.72. The fourth-order valence-corrected chi connectivity index (χ4v) is 5.23. The zero-order valence-corrected chi connectivity index (χ0v) is 18.1. The molecule has 0 unspecified atom stereocenters. The third-order valence-electron chi connectivity index (χ3n) is 6.91. The number of fused-ring (bicyclic) bond motifs is 3. The topological polar surface area (TPSA) is 54.0 Å². The average Bonchev–Trinajstić information content (AvgIpc) is 3.35. The summed E-state index contributed by atoms with van der Waals surface area (Å²) >= 11 is 0. The molecule has 2 saturated heterocycles. The van der Waals surface area contributed by atoms with Gasteiger partial charge in [0.15, 0.2) is 0 Å². The van der Waals surface area contributed by atoms with Crippen LogP contribution in [0.3, 0.4) is 0 Å². The van der Waals surface area contributed by atoms with Crippen molar-refractivity contribution < 1.29 is 14.3 Å². The molecule has 6 heteroatoms. The van der Waals surface area contributed by atoms with Crippen LogP contribution in [0.5, 0.6) is 5.75 Å². The lowest BCUT2D eigenvalue weighted by Gasteiger charge is -2.49. The summed E-state index contributed by atoms with van der Waals surface area (Å²) in [6.07, 6.45) is 3.03. The van der Waals surface area contributed by atoms with Crippen molar-refractivity contribution in [2.24, 2.45) is 5.92 Å². The number of hydrogen-bond acceptors (Lipinski definition) is 5. The molecular formula is C25H31N3O3. The number of benzene rings is 2. The van der Waals surface area contributed by atoms with Crippen molar-refractivity contribution in [2.45, 2.75) is 31.4 Å². The monoisotopic (exact) mass is 421 g/mol. The summed E-state index contributed by atoms with van der Waals surface area (Å²) in [4.78, 5) is 18.2. The van der Waals surface area contributed by atoms with E-state index in [0.29, 0.717) is 6.54 Å². The first-order chi connectivity index (χ1) is 15.2. The normalized spacial score (nSPS) is 25.0. The molecule has 31 heavy (non-hydrogen) atoms. The van der Waals surface area contributed by atoms with E-state index in [-0.39, 0.29) is 24.0 Å². The van der Waals surface area contributed by atoms with Crippen LogP contribution in [0.4, 0.5) is 11.4 Å². The first-order valence-electron chi connectivity index (χ1n) is 11.4. The smallest absolute Gasteiger partial charge is 0.225 e. The molecule has 1 N–H and O–H groups in total. The van der Waals surface area contributed by atoms with E-state index >= 15 is 0 Å². The molecule has 3 aliphatic heterocycles. The van der Waals surface area contributed by atoms with E-state index in [4.69, 9.17) is 9.47 Å². The number of ether oxygens (including phenoxy) is 2. The van der Waals surface area contributed by atoms with Gasteiger partial charge >= 0.3 is 0 Å². The molecule has 3 atom stereocenters. The van der Waals surface area contributed by atoms with Gasteiger partial charge in [-0.1, -0.05) is 24.3 Å². The number of piperazine rings is 1. The Bertz CT molecular complexity index is 913. The summed E-state index contributed by atoms with van der Waals surface area (Å²) in [5.41, 5.74) is 3.65. The number of anilines is 2. The molecule has 2 aromatic carbocycles. The summed E-state index contributed by atoms with van der Waals surface area (Å²) in [5.74, 6) is 0.917. The predicted molar refractivity (Wildman–Crippen MR) is 122 cm³/mol. The minimum Gasteiger partial charge on any atom is -0.497 e. The lowest BCUT2D eigenvalue weighted by atomic mass is 9.83. The minimum atomic E-state index is -0.0891. The van der Waals surface area contributed by atoms with Gasteiger partial charge in [-0.05, 0) is 43.0 Å². The van der Waals surface area contributed by atoms with E-state index < -0.39 is 0 Å². The van der Waals surface area contributed by atoms with Gasteiger partial charge < -0.3 is 24.6 Å². The zero-order valence-electron chi connectivity index (χ0n) is 18.1. The van der Waals surface area contributed by atoms with Crippen LogP contribution in [0, 0.1) is 5.92 Å². The molecule has 0 saturated carbocycles. The minimum absolute atomic E-state index is 0.0891. The molecule has 0 spiro atoms. The van der Waals surface area contributed by atoms with Crippen molar-refractivity contribution in [2.75, 3.05) is 49.7 Å². The standard InChI is InChI=1S/C25H31N3O3/c1-30-20-10-9-18-14-22(25(29)26-16-21-8-5-13-31-21)24-17-27(19-6-3-2-4-7-19)11-12-28(24)23(18)15-20/h2-4,6-7,9-10,15,21-22,24H,5,8,11-14,16-17H2,1H3,(H,26,29)/t21-,22-,24-/m1/s1. The van der Waals surface area contributed by atoms with Gasteiger partial charge in [-0.3, -0.25) is 4.79 Å². The highest BCUT2D eigenvalue weighted by Gasteiger charge is 2.42. The van der Waals surface area contributed by atoms with Crippen molar-refractivity contribution in [1.29, 1.82) is 0 Å². The maximum atomic E-state index is 13.3. The lowest BCUT2D eigenvalue weighted by Crippen LogP contribution is -2.61. The van der Waals surface area contributed by atoms with Crippen LogP contribution in [-0.2, 0) is 16.0 Å². The summed E-state index contributed by atoms with van der Waals surface area (Å²) in [5, 5.41) is 3.20. The van der Waals surface area contributed by atoms with E-state index in [1.165, 1.54) is 16.9 Å². The number of nitrogens with one attached hydrogen (secondary N) is 1. The van der Waals surface area contributed by atoms with Crippen LogP contribution in [0.1, 0.15) is 18.4 Å². The van der Waals surface area contributed by atoms with E-state index in [1.807, 2.05) is 12.1 Å². The molecule has 0 aromatic heterocycles. The number of rotatable bonds is 5. The van der Waals surface area contributed by atoms with Gasteiger partial charge in [0.05, 0.1) is 25.2 Å². The summed E-state index contributed by atoms with van der Waals surface area (Å²) in [7, 11) is 1.71. The number of hydrogen-bond donors (Lipinski definition) is 1. The van der Waals surface area contributed by atoms with Gasteiger partial charge in [-0.15, -0.1) is 0 Å². The fourth-order valence-electron chi connectivity index (χ4n) is 5.23. The third kappa shape index (κ3) is 4.09. The van der Waals surface area contributed by atoms with Crippen molar-refractivity contribution in [3.8, 4) is 5.75 Å². The van der Waals surface area contributed by atoms with Crippen LogP contribution in [0.15, 0.2) is 48.5 Å². The SMILES string of the molecule is COc1ccc2c(c1)N1CCN(c3ccccc3)C[C@@H]1[C@H](C(=O)NC[C@H]1CCCO1)C2. The summed E-state index contributed by atoms with van der Waals surface area (Å²) in [6, 6.07) is 16.9. The number of nitrogens with zero attached hydrogens (tertiary/aromatic N) is 2. The second kappa shape index (κ2) is 8.79. The molecular weight excluding hydrogens is 390 g/mol. The van der Waals surface area contributed by atoms with Crippen LogP contribution in [0.25, 0.3) is 0 Å². The second-order valence-electron chi connectivity index (χ2n) is 8.73. The van der Waals surface area contributed by atoms with Crippen LogP contribution < -0.4 is 19.9 Å². The molecule has 0 aliphatic carbocycles. The van der Waals surface area contributed by atoms with Gasteiger partial charge in [0, 0.05) is 50.2 Å². The van der Waals surface area contributed by atoms with Crippen molar-refractivity contribution >= 4 is 17.3 Å². The van der Waals surface area contributed by atoms with Crippen molar-refractivity contribution in [1.82, 2.24) is 5.32 Å². The maximum absolute atomic E-state index is 13.3. The van der Waals surface area contributed by atoms with E-state index in [1.54, 1.807) is 7.11 Å². The Morgan fingerprint density at radius 1 is 1.19 bits per heavy atom. The first-order valence-corrected chi connectivity index (χ1v) is 11.4. The largest absolute Gasteiger partial charge is 0.497 e. The Hall–Kier alpha value is -2.73.